The van der Waals surface area contributed by atoms with E-state index in [0.717, 1.165) is 57.8 Å². The summed E-state index contributed by atoms with van der Waals surface area (Å²) >= 11 is 0. The lowest BCUT2D eigenvalue weighted by molar-refractivity contribution is -0.149. The second-order valence-electron chi connectivity index (χ2n) is 17.2. The molecule has 61 heavy (non-hydrogen) atoms. The molecule has 1 amide bonds. The third-order valence-corrected chi connectivity index (χ3v) is 11.1. The van der Waals surface area contributed by atoms with Gasteiger partial charge in [-0.1, -0.05) is 191 Å². The molecule has 0 aromatic heterocycles. The van der Waals surface area contributed by atoms with Crippen LogP contribution in [-0.2, 0) is 23.9 Å². The Balaban J connectivity index is 4.66. The molecule has 0 rings (SSSR count). The van der Waals surface area contributed by atoms with E-state index in [1.54, 1.807) is 0 Å². The van der Waals surface area contributed by atoms with Crippen molar-refractivity contribution in [2.45, 2.75) is 220 Å². The summed E-state index contributed by atoms with van der Waals surface area (Å²) in [5.74, 6) is -0.260. The smallest absolute Gasteiger partial charge is 0.308 e. The van der Waals surface area contributed by atoms with E-state index in [-0.39, 0.29) is 30.4 Å². The molecule has 7 nitrogen and oxygen atoms in total. The molecule has 0 aromatic rings. The summed E-state index contributed by atoms with van der Waals surface area (Å²) < 4.78 is 11.4. The highest BCUT2D eigenvalue weighted by Gasteiger charge is 2.20. The van der Waals surface area contributed by atoms with Gasteiger partial charge in [-0.3, -0.25) is 14.4 Å². The van der Waals surface area contributed by atoms with Gasteiger partial charge in [0.1, 0.15) is 0 Å². The van der Waals surface area contributed by atoms with Crippen molar-refractivity contribution in [1.29, 1.82) is 0 Å². The summed E-state index contributed by atoms with van der Waals surface area (Å²) in [5.41, 5.74) is 0. The van der Waals surface area contributed by atoms with Gasteiger partial charge < -0.3 is 19.3 Å². The Morgan fingerprint density at radius 1 is 0.475 bits per heavy atom. The van der Waals surface area contributed by atoms with Gasteiger partial charge >= 0.3 is 11.9 Å². The third kappa shape index (κ3) is 42.0. The van der Waals surface area contributed by atoms with Gasteiger partial charge in [-0.15, -0.1) is 0 Å². The maximum Gasteiger partial charge on any atom is 0.308 e. The largest absolute Gasteiger partial charge is 0.466 e. The van der Waals surface area contributed by atoms with Crippen LogP contribution in [0.1, 0.15) is 220 Å². The molecule has 352 valence electrons. The minimum Gasteiger partial charge on any atom is -0.466 e. The van der Waals surface area contributed by atoms with Crippen molar-refractivity contribution in [2.24, 2.45) is 5.92 Å². The minimum atomic E-state index is -0.192. The second kappa shape index (κ2) is 46.4. The molecule has 0 unspecified atom stereocenters. The van der Waals surface area contributed by atoms with Gasteiger partial charge in [-0.05, 0) is 76.8 Å². The van der Waals surface area contributed by atoms with Gasteiger partial charge in [-0.25, -0.2) is 0 Å². The predicted octanol–water partition coefficient (Wildman–Crippen LogP) is 15.0. The third-order valence-electron chi connectivity index (χ3n) is 11.1. The zero-order chi connectivity index (χ0) is 44.7. The van der Waals surface area contributed by atoms with Crippen molar-refractivity contribution in [3.63, 3.8) is 0 Å². The van der Waals surface area contributed by atoms with Crippen LogP contribution >= 0.6 is 0 Å². The highest BCUT2D eigenvalue weighted by molar-refractivity contribution is 5.77. The van der Waals surface area contributed by atoms with Crippen molar-refractivity contribution >= 4 is 17.8 Å². The molecule has 0 aromatic carbocycles. The van der Waals surface area contributed by atoms with E-state index in [4.69, 9.17) is 9.47 Å². The van der Waals surface area contributed by atoms with Gasteiger partial charge in [0, 0.05) is 40.0 Å². The fraction of sp³-hybridized carbons (Fsp3) is 0.759. The van der Waals surface area contributed by atoms with Gasteiger partial charge in [0.15, 0.2) is 0 Å². The number of nitrogens with zero attached hydrogens (tertiary/aromatic N) is 2. The highest BCUT2D eigenvalue weighted by Crippen LogP contribution is 2.21. The number of hydrogen-bond acceptors (Lipinski definition) is 6. The Hall–Kier alpha value is -3.09. The van der Waals surface area contributed by atoms with E-state index >= 15 is 0 Å². The number of amides is 1. The van der Waals surface area contributed by atoms with Crippen LogP contribution in [0.4, 0.5) is 0 Å². The Morgan fingerprint density at radius 2 is 0.902 bits per heavy atom. The molecule has 0 saturated carbocycles. The van der Waals surface area contributed by atoms with Crippen molar-refractivity contribution < 1.29 is 23.9 Å². The Kier molecular flexibility index (Phi) is 44.1. The topological polar surface area (TPSA) is 76.1 Å². The summed E-state index contributed by atoms with van der Waals surface area (Å²) in [6.45, 7) is 8.35. The average molecular weight is 853 g/mol. The minimum absolute atomic E-state index is 0.0250. The maximum atomic E-state index is 13.3. The predicted molar refractivity (Wildman–Crippen MR) is 262 cm³/mol. The molecule has 0 aliphatic rings. The summed E-state index contributed by atoms with van der Waals surface area (Å²) in [7, 11) is 3.87. The van der Waals surface area contributed by atoms with Crippen molar-refractivity contribution in [2.75, 3.05) is 40.4 Å². The second-order valence-corrected chi connectivity index (χ2v) is 17.2. The van der Waals surface area contributed by atoms with Crippen LogP contribution in [0.15, 0.2) is 60.9 Å². The molecule has 0 radical (unpaired) electrons. The molecule has 0 fully saturated rings. The molecule has 0 saturated heterocycles. The lowest BCUT2D eigenvalue weighted by atomic mass is 9.94. The zero-order valence-electron chi connectivity index (χ0n) is 40.5. The first kappa shape index (κ1) is 57.9. The van der Waals surface area contributed by atoms with Crippen molar-refractivity contribution in [3.8, 4) is 0 Å². The summed E-state index contributed by atoms with van der Waals surface area (Å²) in [6, 6.07) is 0. The van der Waals surface area contributed by atoms with Crippen LogP contribution in [0.2, 0.25) is 0 Å². The molecule has 0 aliphatic carbocycles. The highest BCUT2D eigenvalue weighted by atomic mass is 16.5. The van der Waals surface area contributed by atoms with Gasteiger partial charge in [0.05, 0.1) is 19.1 Å². The molecule has 0 N–H and O–H groups in total. The lowest BCUT2D eigenvalue weighted by Gasteiger charge is -2.23. The van der Waals surface area contributed by atoms with E-state index < -0.39 is 0 Å². The van der Waals surface area contributed by atoms with E-state index in [9.17, 15) is 14.4 Å². The molecule has 0 atom stereocenters. The summed E-state index contributed by atoms with van der Waals surface area (Å²) in [5, 5.41) is 0. The number of rotatable bonds is 44. The average Bonchev–Trinajstić information content (AvgIpc) is 3.24. The number of carbonyl (C=O) groups excluding carboxylic acids is 3. The monoisotopic (exact) mass is 853 g/mol. The molecule has 0 aliphatic heterocycles. The maximum absolute atomic E-state index is 13.3. The molecular weight excluding hydrogens is 757 g/mol. The SMILES string of the molecule is CCCCC/C=C\C/C=C\C/C=C\C/C=C\CCCC(=O)OCCCN(CCCOC(=O)C(CCCCCCCCCC)CCCCCCCCCC)C(=O)C/C=C/N(C)C. The number of ether oxygens (including phenoxy) is 2. The van der Waals surface area contributed by atoms with Crippen LogP contribution in [0.25, 0.3) is 0 Å². The first-order valence-electron chi connectivity index (χ1n) is 25.4. The number of carbonyl (C=O) groups is 3. The van der Waals surface area contributed by atoms with Gasteiger partial charge in [0.25, 0.3) is 0 Å². The first-order chi connectivity index (χ1) is 29.8. The first-order valence-corrected chi connectivity index (χ1v) is 25.4. The van der Waals surface area contributed by atoms with Crippen LogP contribution in [0.3, 0.4) is 0 Å². The number of esters is 2. The fourth-order valence-electron chi connectivity index (χ4n) is 7.27. The number of hydrogen-bond donors (Lipinski definition) is 0. The standard InChI is InChI=1S/C54H96N2O5/c1-6-9-12-15-18-21-22-23-24-25-26-27-28-29-32-35-38-45-53(58)60-49-40-47-56(52(57)44-39-46-55(4)5)48-41-50-61-54(59)51(42-36-33-30-19-16-13-10-7-2)43-37-34-31-20-17-14-11-8-3/h18,21,23-24,26-27,29,32,39,46,51H,6-17,19-20,22,25,28,30-31,33-38,40-45,47-50H2,1-5H3/b21-18-,24-23-,27-26-,32-29-,46-39+. The fourth-order valence-corrected chi connectivity index (χ4v) is 7.27. The van der Waals surface area contributed by atoms with Crippen LogP contribution in [0.5, 0.6) is 0 Å². The Bertz CT molecular complexity index is 1140. The van der Waals surface area contributed by atoms with Gasteiger partial charge in [0.2, 0.25) is 5.91 Å². The van der Waals surface area contributed by atoms with E-state index in [2.05, 4.69) is 69.4 Å². The molecule has 0 bridgehead atoms. The van der Waals surface area contributed by atoms with E-state index in [1.807, 2.05) is 36.2 Å². The van der Waals surface area contributed by atoms with Crippen LogP contribution in [-0.4, -0.2) is 68.0 Å². The Labute approximate surface area is 377 Å². The molecule has 0 spiro atoms. The van der Waals surface area contributed by atoms with Crippen molar-refractivity contribution in [1.82, 2.24) is 9.80 Å². The van der Waals surface area contributed by atoms with E-state index in [1.165, 1.54) is 116 Å². The number of unbranched alkanes of at least 4 members (excludes halogenated alkanes) is 18. The Morgan fingerprint density at radius 3 is 1.39 bits per heavy atom. The van der Waals surface area contributed by atoms with Crippen LogP contribution < -0.4 is 0 Å². The normalized spacial score (nSPS) is 12.0. The molecule has 0 heterocycles. The lowest BCUT2D eigenvalue weighted by Crippen LogP contribution is -2.34. The van der Waals surface area contributed by atoms with Crippen molar-refractivity contribution in [3.05, 3.63) is 60.9 Å². The van der Waals surface area contributed by atoms with Crippen LogP contribution in [0, 0.1) is 5.92 Å². The van der Waals surface area contributed by atoms with E-state index in [0.29, 0.717) is 45.4 Å². The van der Waals surface area contributed by atoms with Gasteiger partial charge in [-0.2, -0.15) is 0 Å². The summed E-state index contributed by atoms with van der Waals surface area (Å²) in [4.78, 5) is 42.7. The molecule has 7 heteroatoms. The quantitative estimate of drug-likeness (QED) is 0.0345. The summed E-state index contributed by atoms with van der Waals surface area (Å²) in [6.07, 6.45) is 54.8. The zero-order valence-corrected chi connectivity index (χ0v) is 40.5. The molecular formula is C54H96N2O5. The number of allylic oxidation sites excluding steroid dienone is 8.